The molecule has 0 spiro atoms. The first-order valence-electron chi connectivity index (χ1n) is 14.5. The summed E-state index contributed by atoms with van der Waals surface area (Å²) >= 11 is 0. The summed E-state index contributed by atoms with van der Waals surface area (Å²) in [6, 6.07) is 12.1. The summed E-state index contributed by atoms with van der Waals surface area (Å²) in [5.74, 6) is 0.0441. The molecular weight excluding hydrogens is 508 g/mol. The van der Waals surface area contributed by atoms with Crippen molar-refractivity contribution in [2.24, 2.45) is 0 Å². The number of carbonyl (C=O) groups excluding carboxylic acids is 2. The summed E-state index contributed by atoms with van der Waals surface area (Å²) in [6.07, 6.45) is 3.60. The van der Waals surface area contributed by atoms with Crippen LogP contribution in [0.15, 0.2) is 48.0 Å². The molecule has 2 aliphatic heterocycles. The first-order chi connectivity index (χ1) is 19.4. The molecule has 8 heteroatoms. The predicted molar refractivity (Wildman–Crippen MR) is 155 cm³/mol. The molecule has 2 aliphatic rings. The second-order valence-electron chi connectivity index (χ2n) is 10.4. The molecule has 40 heavy (non-hydrogen) atoms. The molecule has 1 atom stereocenters. The molecule has 2 aromatic carbocycles. The number of rotatable bonds is 13. The molecule has 0 bridgehead atoms. The number of benzene rings is 2. The van der Waals surface area contributed by atoms with Gasteiger partial charge in [-0.2, -0.15) is 0 Å². The highest BCUT2D eigenvalue weighted by atomic mass is 16.5. The number of morpholine rings is 1. The van der Waals surface area contributed by atoms with Crippen LogP contribution in [-0.2, 0) is 14.3 Å². The molecular formula is C32H42N2O6. The Morgan fingerprint density at radius 1 is 0.950 bits per heavy atom. The van der Waals surface area contributed by atoms with E-state index in [-0.39, 0.29) is 11.3 Å². The largest absolute Gasteiger partial charge is 0.507 e. The zero-order valence-electron chi connectivity index (χ0n) is 24.0. The van der Waals surface area contributed by atoms with Crippen LogP contribution in [0.3, 0.4) is 0 Å². The average molecular weight is 551 g/mol. The topological polar surface area (TPSA) is 88.5 Å². The number of ether oxygens (including phenoxy) is 3. The highest BCUT2D eigenvalue weighted by Crippen LogP contribution is 2.40. The van der Waals surface area contributed by atoms with Crippen LogP contribution in [0.5, 0.6) is 11.5 Å². The van der Waals surface area contributed by atoms with Crippen molar-refractivity contribution in [1.82, 2.24) is 9.80 Å². The number of carbonyl (C=O) groups is 2. The van der Waals surface area contributed by atoms with E-state index in [0.29, 0.717) is 45.0 Å². The van der Waals surface area contributed by atoms with Crippen molar-refractivity contribution in [2.45, 2.75) is 52.5 Å². The number of aliphatic hydroxyl groups excluding tert-OH is 1. The van der Waals surface area contributed by atoms with Crippen molar-refractivity contribution in [1.29, 1.82) is 0 Å². The average Bonchev–Trinajstić information content (AvgIpc) is 3.22. The summed E-state index contributed by atoms with van der Waals surface area (Å²) < 4.78 is 17.0. The minimum Gasteiger partial charge on any atom is -0.507 e. The van der Waals surface area contributed by atoms with Crippen LogP contribution in [0.25, 0.3) is 5.76 Å². The second kappa shape index (κ2) is 14.3. The highest BCUT2D eigenvalue weighted by Gasteiger charge is 2.45. The van der Waals surface area contributed by atoms with Crippen LogP contribution in [-0.4, -0.2) is 79.2 Å². The maximum atomic E-state index is 13.4. The third-order valence-electron chi connectivity index (χ3n) is 7.39. The van der Waals surface area contributed by atoms with Gasteiger partial charge < -0.3 is 24.2 Å². The van der Waals surface area contributed by atoms with Gasteiger partial charge in [0.2, 0.25) is 0 Å². The smallest absolute Gasteiger partial charge is 0.295 e. The van der Waals surface area contributed by atoms with Crippen molar-refractivity contribution in [3.05, 3.63) is 64.7 Å². The first-order valence-corrected chi connectivity index (χ1v) is 14.5. The van der Waals surface area contributed by atoms with Crippen molar-refractivity contribution in [3.8, 4) is 11.5 Å². The van der Waals surface area contributed by atoms with Crippen molar-refractivity contribution in [2.75, 3.05) is 52.6 Å². The lowest BCUT2D eigenvalue weighted by atomic mass is 9.94. The summed E-state index contributed by atoms with van der Waals surface area (Å²) in [4.78, 5) is 30.7. The monoisotopic (exact) mass is 550 g/mol. The molecule has 0 saturated carbocycles. The van der Waals surface area contributed by atoms with E-state index in [4.69, 9.17) is 14.2 Å². The number of nitrogens with zero attached hydrogens (tertiary/aromatic N) is 2. The predicted octanol–water partition coefficient (Wildman–Crippen LogP) is 5.11. The van der Waals surface area contributed by atoms with Crippen molar-refractivity contribution < 1.29 is 28.9 Å². The maximum absolute atomic E-state index is 13.4. The van der Waals surface area contributed by atoms with Gasteiger partial charge in [0.15, 0.2) is 0 Å². The Labute approximate surface area is 237 Å². The lowest BCUT2D eigenvalue weighted by molar-refractivity contribution is -0.140. The van der Waals surface area contributed by atoms with Crippen LogP contribution in [0.4, 0.5) is 0 Å². The summed E-state index contributed by atoms with van der Waals surface area (Å²) in [5, 5.41) is 11.5. The fraction of sp³-hybridized carbons (Fsp3) is 0.500. The Hall–Kier alpha value is -3.36. The molecule has 0 aliphatic carbocycles. The van der Waals surface area contributed by atoms with E-state index in [0.717, 1.165) is 61.5 Å². The van der Waals surface area contributed by atoms with Crippen molar-refractivity contribution >= 4 is 17.4 Å². The van der Waals surface area contributed by atoms with Gasteiger partial charge in [0.25, 0.3) is 11.7 Å². The van der Waals surface area contributed by atoms with Crippen LogP contribution < -0.4 is 9.47 Å². The minimum absolute atomic E-state index is 0.109. The van der Waals surface area contributed by atoms with E-state index in [2.05, 4.69) is 11.8 Å². The van der Waals surface area contributed by atoms with Gasteiger partial charge in [0.05, 0.1) is 38.0 Å². The Bertz CT molecular complexity index is 1190. The number of aliphatic hydroxyl groups is 1. The summed E-state index contributed by atoms with van der Waals surface area (Å²) in [7, 11) is 0. The molecule has 2 fully saturated rings. The zero-order chi connectivity index (χ0) is 28.5. The fourth-order valence-corrected chi connectivity index (χ4v) is 5.15. The van der Waals surface area contributed by atoms with Crippen LogP contribution in [0.2, 0.25) is 0 Å². The lowest BCUT2D eigenvalue weighted by Gasteiger charge is -2.29. The number of likely N-dealkylation sites (tertiary alicyclic amines) is 1. The zero-order valence-corrected chi connectivity index (χ0v) is 24.0. The molecule has 8 nitrogen and oxygen atoms in total. The van der Waals surface area contributed by atoms with E-state index in [1.165, 1.54) is 0 Å². The van der Waals surface area contributed by atoms with E-state index in [1.807, 2.05) is 44.2 Å². The van der Waals surface area contributed by atoms with Crippen molar-refractivity contribution in [3.63, 3.8) is 0 Å². The number of Topliss-reactive ketones (excluding diaryl/α,β-unsaturated/α-hetero) is 1. The van der Waals surface area contributed by atoms with Gasteiger partial charge in [-0.3, -0.25) is 14.5 Å². The number of ketones is 1. The van der Waals surface area contributed by atoms with Gasteiger partial charge in [0, 0.05) is 31.7 Å². The van der Waals surface area contributed by atoms with Gasteiger partial charge in [-0.25, -0.2) is 0 Å². The van der Waals surface area contributed by atoms with E-state index in [9.17, 15) is 14.7 Å². The highest BCUT2D eigenvalue weighted by molar-refractivity contribution is 6.46. The number of unbranched alkanes of at least 4 members (excludes halogenated alkanes) is 1. The molecule has 216 valence electrons. The summed E-state index contributed by atoms with van der Waals surface area (Å²) in [5.41, 5.74) is 2.21. The van der Waals surface area contributed by atoms with Crippen LogP contribution in [0.1, 0.15) is 62.3 Å². The third kappa shape index (κ3) is 7.04. The number of aryl methyl sites for hydroxylation is 1. The molecule has 2 heterocycles. The second-order valence-corrected chi connectivity index (χ2v) is 10.4. The van der Waals surface area contributed by atoms with Crippen LogP contribution in [0, 0.1) is 6.92 Å². The summed E-state index contributed by atoms with van der Waals surface area (Å²) in [6.45, 7) is 11.6. The Kier molecular flexibility index (Phi) is 10.6. The SMILES string of the molecule is CCCCOc1ccc(/C(O)=C2\C(=O)C(=O)N(CCCN3CCOCC3)C2c2ccc(OCCC)cc2)cc1C. The molecule has 1 N–H and O–H groups in total. The molecule has 2 aromatic rings. The number of hydrogen-bond donors (Lipinski definition) is 1. The first kappa shape index (κ1) is 29.6. The minimum atomic E-state index is -0.689. The normalized spacial score (nSPS) is 19.3. The Morgan fingerprint density at radius 3 is 2.38 bits per heavy atom. The van der Waals surface area contributed by atoms with E-state index >= 15 is 0 Å². The molecule has 0 radical (unpaired) electrons. The standard InChI is InChI=1S/C32H42N2O6/c1-4-6-19-40-27-13-10-25(22-23(27)3)30(35)28-29(24-8-11-26(12-9-24)39-18-5-2)34(32(37)31(28)36)15-7-14-33-16-20-38-21-17-33/h8-13,22,29,35H,4-7,14-21H2,1-3H3/b30-28+. The molecule has 4 rings (SSSR count). The van der Waals surface area contributed by atoms with E-state index < -0.39 is 17.7 Å². The van der Waals surface area contributed by atoms with Gasteiger partial charge in [-0.15, -0.1) is 0 Å². The molecule has 2 saturated heterocycles. The van der Waals surface area contributed by atoms with Gasteiger partial charge in [0.1, 0.15) is 17.3 Å². The number of amides is 1. The van der Waals surface area contributed by atoms with Gasteiger partial charge in [-0.05, 0) is 67.6 Å². The number of hydrogen-bond acceptors (Lipinski definition) is 7. The quantitative estimate of drug-likeness (QED) is 0.161. The van der Waals surface area contributed by atoms with E-state index in [1.54, 1.807) is 17.0 Å². The lowest BCUT2D eigenvalue weighted by Crippen LogP contribution is -2.38. The molecule has 0 aromatic heterocycles. The van der Waals surface area contributed by atoms with Gasteiger partial charge >= 0.3 is 0 Å². The van der Waals surface area contributed by atoms with Gasteiger partial charge in [-0.1, -0.05) is 32.4 Å². The maximum Gasteiger partial charge on any atom is 0.295 e. The Morgan fingerprint density at radius 2 is 1.70 bits per heavy atom. The van der Waals surface area contributed by atoms with Crippen LogP contribution >= 0.6 is 0 Å². The molecule has 1 amide bonds. The molecule has 1 unspecified atom stereocenters. The third-order valence-corrected chi connectivity index (χ3v) is 7.39. The Balaban J connectivity index is 1.64. The fourth-order valence-electron chi connectivity index (χ4n) is 5.15.